The number of hydrogen-bond donors (Lipinski definition) is 1. The van der Waals surface area contributed by atoms with Gasteiger partial charge >= 0.3 is 0 Å². The van der Waals surface area contributed by atoms with Gasteiger partial charge in [-0.2, -0.15) is 0 Å². The zero-order chi connectivity index (χ0) is 15.5. The van der Waals surface area contributed by atoms with Crippen molar-refractivity contribution >= 4 is 0 Å². The monoisotopic (exact) mass is 296 g/mol. The molecule has 1 aromatic rings. The lowest BCUT2D eigenvalue weighted by molar-refractivity contribution is -0.0233. The first-order valence-corrected chi connectivity index (χ1v) is 7.34. The third kappa shape index (κ3) is 3.36. The van der Waals surface area contributed by atoms with E-state index in [0.717, 1.165) is 26.3 Å². The summed E-state index contributed by atoms with van der Waals surface area (Å²) in [6.45, 7) is 7.47. The van der Waals surface area contributed by atoms with Crippen LogP contribution in [0.1, 0.15) is 25.5 Å². The number of morpholine rings is 1. The van der Waals surface area contributed by atoms with Crippen LogP contribution in [0.5, 0.6) is 5.75 Å². The van der Waals surface area contributed by atoms with E-state index < -0.39 is 0 Å². The van der Waals surface area contributed by atoms with Gasteiger partial charge in [-0.25, -0.2) is 4.39 Å². The lowest BCUT2D eigenvalue weighted by Gasteiger charge is -2.46. The first-order chi connectivity index (χ1) is 10.0. The number of likely N-dealkylation sites (N-methyl/N-ethyl adjacent to an activating group) is 1. The number of benzene rings is 1. The maximum absolute atomic E-state index is 14.4. The van der Waals surface area contributed by atoms with Crippen LogP contribution >= 0.6 is 0 Å². The molecule has 0 amide bonds. The number of ether oxygens (including phenoxy) is 2. The molecule has 1 aromatic carbocycles. The van der Waals surface area contributed by atoms with Gasteiger partial charge in [-0.05, 0) is 27.0 Å². The highest BCUT2D eigenvalue weighted by molar-refractivity contribution is 5.32. The highest BCUT2D eigenvalue weighted by atomic mass is 19.1. The van der Waals surface area contributed by atoms with Crippen LogP contribution in [-0.2, 0) is 4.74 Å². The molecule has 1 N–H and O–H groups in total. The van der Waals surface area contributed by atoms with Gasteiger partial charge < -0.3 is 14.8 Å². The van der Waals surface area contributed by atoms with Gasteiger partial charge in [-0.1, -0.05) is 6.07 Å². The molecule has 0 bridgehead atoms. The third-order valence-electron chi connectivity index (χ3n) is 4.34. The van der Waals surface area contributed by atoms with E-state index in [1.807, 2.05) is 7.05 Å². The van der Waals surface area contributed by atoms with Crippen molar-refractivity contribution in [2.45, 2.75) is 25.4 Å². The molecule has 4 nitrogen and oxygen atoms in total. The Hall–Kier alpha value is -1.17. The Morgan fingerprint density at radius 2 is 2.00 bits per heavy atom. The summed E-state index contributed by atoms with van der Waals surface area (Å²) < 4.78 is 24.9. The minimum atomic E-state index is -0.241. The van der Waals surface area contributed by atoms with Gasteiger partial charge in [0, 0.05) is 30.3 Å². The number of halogens is 1. The molecule has 1 heterocycles. The molecule has 2 rings (SSSR count). The quantitative estimate of drug-likeness (QED) is 0.903. The van der Waals surface area contributed by atoms with Crippen LogP contribution in [0, 0.1) is 5.82 Å². The fourth-order valence-electron chi connectivity index (χ4n) is 3.08. The van der Waals surface area contributed by atoms with Crippen LogP contribution in [0.4, 0.5) is 4.39 Å². The molecular formula is C16H25FN2O2. The van der Waals surface area contributed by atoms with E-state index >= 15 is 0 Å². The standard InChI is InChI=1S/C16H25FN2O2/c1-16(2,19-7-9-21-10-8-19)15(18-3)13-6-5-12(20-4)11-14(13)17/h5-6,11,15,18H,7-10H2,1-4H3. The average Bonchev–Trinajstić information content (AvgIpc) is 2.50. The van der Waals surface area contributed by atoms with Gasteiger partial charge in [0.05, 0.1) is 26.4 Å². The maximum Gasteiger partial charge on any atom is 0.131 e. The Morgan fingerprint density at radius 1 is 1.33 bits per heavy atom. The summed E-state index contributed by atoms with van der Waals surface area (Å²) >= 11 is 0. The number of methoxy groups -OCH3 is 1. The summed E-state index contributed by atoms with van der Waals surface area (Å²) in [6.07, 6.45) is 0. The fourth-order valence-corrected chi connectivity index (χ4v) is 3.08. The molecule has 118 valence electrons. The zero-order valence-corrected chi connectivity index (χ0v) is 13.3. The molecule has 1 aliphatic rings. The molecule has 1 saturated heterocycles. The van der Waals surface area contributed by atoms with E-state index in [-0.39, 0.29) is 17.4 Å². The molecule has 0 radical (unpaired) electrons. The smallest absolute Gasteiger partial charge is 0.131 e. The van der Waals surface area contributed by atoms with E-state index in [9.17, 15) is 4.39 Å². The summed E-state index contributed by atoms with van der Waals surface area (Å²) in [5.41, 5.74) is 0.448. The molecule has 5 heteroatoms. The van der Waals surface area contributed by atoms with Gasteiger partial charge in [-0.3, -0.25) is 4.90 Å². The summed E-state index contributed by atoms with van der Waals surface area (Å²) in [5.74, 6) is 0.297. The summed E-state index contributed by atoms with van der Waals surface area (Å²) in [6, 6.07) is 4.94. The lowest BCUT2D eigenvalue weighted by Crippen LogP contribution is -2.55. The van der Waals surface area contributed by atoms with Crippen molar-refractivity contribution < 1.29 is 13.9 Å². The van der Waals surface area contributed by atoms with Crippen molar-refractivity contribution in [3.8, 4) is 5.75 Å². The molecule has 1 fully saturated rings. The summed E-state index contributed by atoms with van der Waals surface area (Å²) in [5, 5.41) is 3.27. The van der Waals surface area contributed by atoms with Crippen LogP contribution < -0.4 is 10.1 Å². The molecule has 1 aliphatic heterocycles. The molecule has 1 unspecified atom stereocenters. The van der Waals surface area contributed by atoms with Gasteiger partial charge in [0.25, 0.3) is 0 Å². The molecular weight excluding hydrogens is 271 g/mol. The highest BCUT2D eigenvalue weighted by Crippen LogP contribution is 2.33. The Bertz CT molecular complexity index is 473. The second-order valence-corrected chi connectivity index (χ2v) is 5.86. The Morgan fingerprint density at radius 3 is 2.52 bits per heavy atom. The number of nitrogens with one attached hydrogen (secondary N) is 1. The molecule has 1 atom stereocenters. The van der Waals surface area contributed by atoms with E-state index in [1.54, 1.807) is 19.2 Å². The van der Waals surface area contributed by atoms with Gasteiger partial charge in [0.15, 0.2) is 0 Å². The van der Waals surface area contributed by atoms with E-state index in [4.69, 9.17) is 9.47 Å². The lowest BCUT2D eigenvalue weighted by atomic mass is 9.86. The Labute approximate surface area is 126 Å². The van der Waals surface area contributed by atoms with Crippen LogP contribution in [0.15, 0.2) is 18.2 Å². The van der Waals surface area contributed by atoms with E-state index in [0.29, 0.717) is 11.3 Å². The SMILES string of the molecule is CNC(c1ccc(OC)cc1F)C(C)(C)N1CCOCC1. The van der Waals surface area contributed by atoms with Crippen molar-refractivity contribution in [1.82, 2.24) is 10.2 Å². The van der Waals surface area contributed by atoms with Crippen LogP contribution in [-0.4, -0.2) is 50.9 Å². The first-order valence-electron chi connectivity index (χ1n) is 7.34. The van der Waals surface area contributed by atoms with Crippen molar-refractivity contribution in [3.05, 3.63) is 29.6 Å². The Kier molecular flexibility index (Phi) is 5.19. The molecule has 21 heavy (non-hydrogen) atoms. The van der Waals surface area contributed by atoms with Crippen molar-refractivity contribution in [3.63, 3.8) is 0 Å². The summed E-state index contributed by atoms with van der Waals surface area (Å²) in [4.78, 5) is 2.35. The van der Waals surface area contributed by atoms with Gasteiger partial charge in [0.2, 0.25) is 0 Å². The number of rotatable bonds is 5. The highest BCUT2D eigenvalue weighted by Gasteiger charge is 2.37. The van der Waals surface area contributed by atoms with Gasteiger partial charge in [0.1, 0.15) is 11.6 Å². The third-order valence-corrected chi connectivity index (χ3v) is 4.34. The topological polar surface area (TPSA) is 33.7 Å². The molecule has 0 spiro atoms. The van der Waals surface area contributed by atoms with Crippen LogP contribution in [0.2, 0.25) is 0 Å². The minimum Gasteiger partial charge on any atom is -0.497 e. The van der Waals surface area contributed by atoms with Crippen LogP contribution in [0.25, 0.3) is 0 Å². The zero-order valence-electron chi connectivity index (χ0n) is 13.3. The van der Waals surface area contributed by atoms with E-state index in [1.165, 1.54) is 6.07 Å². The largest absolute Gasteiger partial charge is 0.497 e. The van der Waals surface area contributed by atoms with Crippen molar-refractivity contribution in [1.29, 1.82) is 0 Å². The van der Waals surface area contributed by atoms with Crippen molar-refractivity contribution in [2.75, 3.05) is 40.5 Å². The second kappa shape index (κ2) is 6.73. The minimum absolute atomic E-state index is 0.110. The predicted molar refractivity (Wildman–Crippen MR) is 81.2 cm³/mol. The second-order valence-electron chi connectivity index (χ2n) is 5.86. The Balaban J connectivity index is 2.29. The normalized spacial score (nSPS) is 18.5. The number of hydrogen-bond acceptors (Lipinski definition) is 4. The predicted octanol–water partition coefficient (Wildman–Crippen LogP) is 2.21. The first kappa shape index (κ1) is 16.2. The number of nitrogens with zero attached hydrogens (tertiary/aromatic N) is 1. The summed E-state index contributed by atoms with van der Waals surface area (Å²) in [7, 11) is 3.41. The van der Waals surface area contributed by atoms with Crippen molar-refractivity contribution in [2.24, 2.45) is 0 Å². The van der Waals surface area contributed by atoms with Crippen LogP contribution in [0.3, 0.4) is 0 Å². The van der Waals surface area contributed by atoms with Gasteiger partial charge in [-0.15, -0.1) is 0 Å². The fraction of sp³-hybridized carbons (Fsp3) is 0.625. The molecule has 0 aliphatic carbocycles. The average molecular weight is 296 g/mol. The molecule has 0 saturated carbocycles. The molecule has 0 aromatic heterocycles. The maximum atomic E-state index is 14.4. The van der Waals surface area contributed by atoms with E-state index in [2.05, 4.69) is 24.1 Å².